The molecule has 1 heterocycles. The third kappa shape index (κ3) is 4.35. The maximum absolute atomic E-state index is 11.0. The highest BCUT2D eigenvalue weighted by atomic mass is 16.5. The van der Waals surface area contributed by atoms with E-state index >= 15 is 0 Å². The maximum atomic E-state index is 11.0. The van der Waals surface area contributed by atoms with Gasteiger partial charge in [-0.2, -0.15) is 0 Å². The summed E-state index contributed by atoms with van der Waals surface area (Å²) in [5.41, 5.74) is 1.02. The normalized spacial score (nSPS) is 12.2. The van der Waals surface area contributed by atoms with Crippen molar-refractivity contribution in [1.29, 1.82) is 0 Å². The molecule has 1 unspecified atom stereocenters. The largest absolute Gasteiger partial charge is 0.478 e. The molecule has 1 rings (SSSR count). The van der Waals surface area contributed by atoms with E-state index in [4.69, 9.17) is 9.84 Å². The Bertz CT molecular complexity index is 404. The summed E-state index contributed by atoms with van der Waals surface area (Å²) in [6.45, 7) is 6.09. The minimum absolute atomic E-state index is 0.0565. The molecule has 18 heavy (non-hydrogen) atoms. The molecule has 0 aliphatic heterocycles. The molecule has 0 radical (unpaired) electrons. The zero-order chi connectivity index (χ0) is 13.5. The van der Waals surface area contributed by atoms with E-state index in [1.807, 2.05) is 13.8 Å². The third-order valence-corrected chi connectivity index (χ3v) is 2.63. The van der Waals surface area contributed by atoms with Crippen LogP contribution in [0.3, 0.4) is 0 Å². The van der Waals surface area contributed by atoms with Crippen LogP contribution in [0, 0.1) is 0 Å². The van der Waals surface area contributed by atoms with Gasteiger partial charge in [0.15, 0.2) is 0 Å². The summed E-state index contributed by atoms with van der Waals surface area (Å²) >= 11 is 0. The van der Waals surface area contributed by atoms with Gasteiger partial charge in [-0.3, -0.25) is 0 Å². The molecule has 1 N–H and O–H groups in total. The number of aromatic carboxylic acids is 1. The number of hydrogen-bond acceptors (Lipinski definition) is 3. The predicted molar refractivity (Wildman–Crippen MR) is 70.2 cm³/mol. The van der Waals surface area contributed by atoms with Crippen LogP contribution in [0.1, 0.15) is 56.1 Å². The number of carboxylic acids is 1. The van der Waals surface area contributed by atoms with E-state index < -0.39 is 5.97 Å². The van der Waals surface area contributed by atoms with E-state index in [2.05, 4.69) is 11.9 Å². The summed E-state index contributed by atoms with van der Waals surface area (Å²) in [6.07, 6.45) is 3.71. The summed E-state index contributed by atoms with van der Waals surface area (Å²) in [4.78, 5) is 15.4. The number of aryl methyl sites for hydroxylation is 1. The zero-order valence-electron chi connectivity index (χ0n) is 11.3. The molecule has 100 valence electrons. The van der Waals surface area contributed by atoms with Crippen LogP contribution >= 0.6 is 0 Å². The van der Waals surface area contributed by atoms with Gasteiger partial charge in [-0.25, -0.2) is 9.78 Å². The van der Waals surface area contributed by atoms with Crippen molar-refractivity contribution < 1.29 is 14.6 Å². The maximum Gasteiger partial charge on any atom is 0.335 e. The Hall–Kier alpha value is -1.58. The third-order valence-electron chi connectivity index (χ3n) is 2.63. The van der Waals surface area contributed by atoms with Crippen LogP contribution in [-0.4, -0.2) is 22.2 Å². The lowest BCUT2D eigenvalue weighted by molar-refractivity contribution is 0.0695. The van der Waals surface area contributed by atoms with Crippen LogP contribution in [0.15, 0.2) is 12.1 Å². The van der Waals surface area contributed by atoms with Gasteiger partial charge in [0.05, 0.1) is 11.7 Å². The standard InChI is InChI=1S/C14H21NO3/c1-4-6-10(3)18-13-9-11(14(16)17)8-12(15-13)7-5-2/h8-10H,4-7H2,1-3H3,(H,16,17). The number of rotatable bonds is 7. The van der Waals surface area contributed by atoms with Gasteiger partial charge in [0, 0.05) is 11.8 Å². The van der Waals surface area contributed by atoms with Crippen molar-refractivity contribution in [3.8, 4) is 5.88 Å². The van der Waals surface area contributed by atoms with E-state index in [0.29, 0.717) is 5.88 Å². The Kier molecular flexibility index (Phi) is 5.62. The first-order chi connectivity index (χ1) is 8.56. The Balaban J connectivity index is 2.91. The zero-order valence-corrected chi connectivity index (χ0v) is 11.3. The van der Waals surface area contributed by atoms with Gasteiger partial charge in [-0.1, -0.05) is 26.7 Å². The van der Waals surface area contributed by atoms with Crippen LogP contribution in [0.2, 0.25) is 0 Å². The van der Waals surface area contributed by atoms with Crippen molar-refractivity contribution in [2.75, 3.05) is 0 Å². The van der Waals surface area contributed by atoms with Crippen LogP contribution in [0.4, 0.5) is 0 Å². The van der Waals surface area contributed by atoms with Gasteiger partial charge in [0.1, 0.15) is 0 Å². The minimum atomic E-state index is -0.942. The Morgan fingerprint density at radius 3 is 2.67 bits per heavy atom. The fourth-order valence-electron chi connectivity index (χ4n) is 1.80. The first kappa shape index (κ1) is 14.5. The van der Waals surface area contributed by atoms with Crippen molar-refractivity contribution in [1.82, 2.24) is 4.98 Å². The molecule has 0 aromatic carbocycles. The van der Waals surface area contributed by atoms with Gasteiger partial charge < -0.3 is 9.84 Å². The minimum Gasteiger partial charge on any atom is -0.478 e. The second kappa shape index (κ2) is 6.99. The SMILES string of the molecule is CCCc1cc(C(=O)O)cc(OC(C)CCC)n1. The highest BCUT2D eigenvalue weighted by Gasteiger charge is 2.11. The topological polar surface area (TPSA) is 59.4 Å². The molecule has 0 saturated carbocycles. The van der Waals surface area contributed by atoms with Crippen molar-refractivity contribution in [2.45, 2.75) is 52.6 Å². The van der Waals surface area contributed by atoms with Crippen molar-refractivity contribution in [3.63, 3.8) is 0 Å². The quantitative estimate of drug-likeness (QED) is 0.807. The van der Waals surface area contributed by atoms with E-state index in [9.17, 15) is 4.79 Å². The lowest BCUT2D eigenvalue weighted by atomic mass is 10.1. The number of nitrogens with zero attached hydrogens (tertiary/aromatic N) is 1. The summed E-state index contributed by atoms with van der Waals surface area (Å²) < 4.78 is 5.66. The van der Waals surface area contributed by atoms with Gasteiger partial charge in [0.2, 0.25) is 5.88 Å². The fourth-order valence-corrected chi connectivity index (χ4v) is 1.80. The average Bonchev–Trinajstić information content (AvgIpc) is 2.29. The smallest absolute Gasteiger partial charge is 0.335 e. The molecule has 0 aliphatic rings. The van der Waals surface area contributed by atoms with Gasteiger partial charge in [0.25, 0.3) is 0 Å². The fraction of sp³-hybridized carbons (Fsp3) is 0.571. The lowest BCUT2D eigenvalue weighted by Crippen LogP contribution is -2.13. The second-order valence-corrected chi connectivity index (χ2v) is 4.46. The highest BCUT2D eigenvalue weighted by molar-refractivity contribution is 5.88. The molecule has 1 aromatic heterocycles. The predicted octanol–water partition coefficient (Wildman–Crippen LogP) is 3.30. The summed E-state index contributed by atoms with van der Waals surface area (Å²) in [5, 5.41) is 9.06. The molecule has 0 fully saturated rings. The second-order valence-electron chi connectivity index (χ2n) is 4.46. The monoisotopic (exact) mass is 251 g/mol. The summed E-state index contributed by atoms with van der Waals surface area (Å²) in [7, 11) is 0. The number of carboxylic acid groups (broad SMARTS) is 1. The van der Waals surface area contributed by atoms with Crippen molar-refractivity contribution >= 4 is 5.97 Å². The molecule has 0 saturated heterocycles. The molecule has 0 spiro atoms. The van der Waals surface area contributed by atoms with Crippen LogP contribution in [-0.2, 0) is 6.42 Å². The van der Waals surface area contributed by atoms with Gasteiger partial charge in [-0.15, -0.1) is 0 Å². The number of ether oxygens (including phenoxy) is 1. The van der Waals surface area contributed by atoms with Crippen LogP contribution in [0.25, 0.3) is 0 Å². The molecule has 0 amide bonds. The van der Waals surface area contributed by atoms with Crippen LogP contribution in [0.5, 0.6) is 5.88 Å². The number of aromatic nitrogens is 1. The number of hydrogen-bond donors (Lipinski definition) is 1. The average molecular weight is 251 g/mol. The molecular formula is C14H21NO3. The Morgan fingerprint density at radius 1 is 1.39 bits per heavy atom. The molecule has 4 nitrogen and oxygen atoms in total. The first-order valence-corrected chi connectivity index (χ1v) is 6.47. The van der Waals surface area contributed by atoms with E-state index in [1.54, 1.807) is 6.07 Å². The first-order valence-electron chi connectivity index (χ1n) is 6.47. The molecular weight excluding hydrogens is 230 g/mol. The van der Waals surface area contributed by atoms with Crippen molar-refractivity contribution in [3.05, 3.63) is 23.4 Å². The van der Waals surface area contributed by atoms with E-state index in [1.165, 1.54) is 6.07 Å². The summed E-state index contributed by atoms with van der Waals surface area (Å²) in [6, 6.07) is 3.11. The number of pyridine rings is 1. The highest BCUT2D eigenvalue weighted by Crippen LogP contribution is 2.16. The van der Waals surface area contributed by atoms with E-state index in [-0.39, 0.29) is 11.7 Å². The van der Waals surface area contributed by atoms with Crippen molar-refractivity contribution in [2.24, 2.45) is 0 Å². The molecule has 4 heteroatoms. The molecule has 0 bridgehead atoms. The van der Waals surface area contributed by atoms with Gasteiger partial charge >= 0.3 is 5.97 Å². The summed E-state index contributed by atoms with van der Waals surface area (Å²) in [5.74, 6) is -0.526. The molecule has 0 aliphatic carbocycles. The number of carbonyl (C=O) groups is 1. The molecule has 1 aromatic rings. The van der Waals surface area contributed by atoms with Gasteiger partial charge in [-0.05, 0) is 25.8 Å². The Labute approximate surface area is 108 Å². The molecule has 1 atom stereocenters. The van der Waals surface area contributed by atoms with E-state index in [0.717, 1.165) is 31.4 Å². The van der Waals surface area contributed by atoms with Crippen LogP contribution < -0.4 is 4.74 Å². The lowest BCUT2D eigenvalue weighted by Gasteiger charge is -2.14. The Morgan fingerprint density at radius 2 is 2.11 bits per heavy atom.